The Kier molecular flexibility index (Phi) is 2.50. The van der Waals surface area contributed by atoms with Crippen molar-refractivity contribution >= 4 is 5.91 Å². The molecule has 0 N–H and O–H groups in total. The second-order valence-electron chi connectivity index (χ2n) is 2.58. The number of carbonyl (C=O) groups is 1. The number of rotatable bonds is 1. The van der Waals surface area contributed by atoms with Gasteiger partial charge in [-0.1, -0.05) is 0 Å². The molecular weight excluding hydrogens is 142 g/mol. The summed E-state index contributed by atoms with van der Waals surface area (Å²) < 4.78 is 5.11. The Morgan fingerprint density at radius 3 is 3.00 bits per heavy atom. The van der Waals surface area contributed by atoms with Gasteiger partial charge in [-0.15, -0.1) is 6.42 Å². The number of nitrogens with zero attached hydrogens (tertiary/aromatic N) is 1. The normalized spacial score (nSPS) is 22.7. The third-order valence-electron chi connectivity index (χ3n) is 1.90. The molecule has 0 spiro atoms. The van der Waals surface area contributed by atoms with Crippen molar-refractivity contribution in [3.8, 4) is 12.3 Å². The quantitative estimate of drug-likeness (QED) is 0.491. The van der Waals surface area contributed by atoms with Crippen LogP contribution in [0.15, 0.2) is 0 Å². The van der Waals surface area contributed by atoms with Crippen LogP contribution in [0.4, 0.5) is 0 Å². The minimum absolute atomic E-state index is 0.179. The SMILES string of the molecule is C#CC(=O)N(C)C1CCOC1. The maximum atomic E-state index is 10.9. The van der Waals surface area contributed by atoms with Crippen LogP contribution in [-0.2, 0) is 9.53 Å². The number of ether oxygens (including phenoxy) is 1. The van der Waals surface area contributed by atoms with E-state index in [1.54, 1.807) is 11.9 Å². The van der Waals surface area contributed by atoms with Gasteiger partial charge in [0.05, 0.1) is 12.6 Å². The lowest BCUT2D eigenvalue weighted by atomic mass is 10.2. The summed E-state index contributed by atoms with van der Waals surface area (Å²) in [5.41, 5.74) is 0. The number of amides is 1. The molecule has 1 rings (SSSR count). The lowest BCUT2D eigenvalue weighted by Crippen LogP contribution is -2.36. The molecule has 3 heteroatoms. The molecular formula is C8H11NO2. The molecule has 1 amide bonds. The summed E-state index contributed by atoms with van der Waals surface area (Å²) >= 11 is 0. The number of carbonyl (C=O) groups excluding carboxylic acids is 1. The number of terminal acetylenes is 1. The van der Waals surface area contributed by atoms with Crippen LogP contribution < -0.4 is 0 Å². The fourth-order valence-electron chi connectivity index (χ4n) is 1.10. The zero-order valence-corrected chi connectivity index (χ0v) is 6.54. The summed E-state index contributed by atoms with van der Waals surface area (Å²) in [4.78, 5) is 12.5. The molecule has 0 aromatic heterocycles. The molecule has 1 heterocycles. The van der Waals surface area contributed by atoms with E-state index in [0.29, 0.717) is 6.61 Å². The monoisotopic (exact) mass is 153 g/mol. The summed E-state index contributed by atoms with van der Waals surface area (Å²) in [6, 6.07) is 0.179. The Bertz CT molecular complexity index is 189. The first-order valence-electron chi connectivity index (χ1n) is 3.57. The van der Waals surface area contributed by atoms with Gasteiger partial charge in [0.25, 0.3) is 5.91 Å². The molecule has 1 fully saturated rings. The molecule has 0 saturated carbocycles. The van der Waals surface area contributed by atoms with Crippen molar-refractivity contribution in [3.63, 3.8) is 0 Å². The molecule has 0 radical (unpaired) electrons. The van der Waals surface area contributed by atoms with E-state index >= 15 is 0 Å². The van der Waals surface area contributed by atoms with E-state index in [2.05, 4.69) is 5.92 Å². The van der Waals surface area contributed by atoms with Gasteiger partial charge in [0.15, 0.2) is 0 Å². The third-order valence-corrected chi connectivity index (χ3v) is 1.90. The highest BCUT2D eigenvalue weighted by molar-refractivity contribution is 5.92. The average Bonchev–Trinajstić information content (AvgIpc) is 2.53. The first kappa shape index (κ1) is 8.09. The van der Waals surface area contributed by atoms with Gasteiger partial charge in [-0.3, -0.25) is 4.79 Å². The van der Waals surface area contributed by atoms with Crippen LogP contribution >= 0.6 is 0 Å². The molecule has 0 aromatic rings. The highest BCUT2D eigenvalue weighted by Crippen LogP contribution is 2.09. The van der Waals surface area contributed by atoms with Crippen LogP contribution in [-0.4, -0.2) is 37.1 Å². The van der Waals surface area contributed by atoms with E-state index in [9.17, 15) is 4.79 Å². The fraction of sp³-hybridized carbons (Fsp3) is 0.625. The van der Waals surface area contributed by atoms with Gasteiger partial charge in [-0.2, -0.15) is 0 Å². The first-order chi connectivity index (χ1) is 5.25. The summed E-state index contributed by atoms with van der Waals surface area (Å²) in [5, 5.41) is 0. The van der Waals surface area contributed by atoms with Crippen molar-refractivity contribution in [1.82, 2.24) is 4.90 Å². The van der Waals surface area contributed by atoms with E-state index in [1.165, 1.54) is 0 Å². The Labute approximate surface area is 66.3 Å². The minimum atomic E-state index is -0.263. The van der Waals surface area contributed by atoms with Gasteiger partial charge >= 0.3 is 0 Å². The van der Waals surface area contributed by atoms with E-state index in [0.717, 1.165) is 13.0 Å². The molecule has 1 aliphatic rings. The van der Waals surface area contributed by atoms with Crippen LogP contribution in [0.25, 0.3) is 0 Å². The summed E-state index contributed by atoms with van der Waals surface area (Å²) in [6.45, 7) is 1.34. The topological polar surface area (TPSA) is 29.5 Å². The van der Waals surface area contributed by atoms with E-state index in [1.807, 2.05) is 0 Å². The zero-order chi connectivity index (χ0) is 8.27. The van der Waals surface area contributed by atoms with Gasteiger partial charge in [0.2, 0.25) is 0 Å². The molecule has 1 atom stereocenters. The van der Waals surface area contributed by atoms with Crippen LogP contribution in [0.2, 0.25) is 0 Å². The van der Waals surface area contributed by atoms with Crippen LogP contribution in [0, 0.1) is 12.3 Å². The van der Waals surface area contributed by atoms with Crippen LogP contribution in [0.5, 0.6) is 0 Å². The maximum absolute atomic E-state index is 10.9. The fourth-order valence-corrected chi connectivity index (χ4v) is 1.10. The van der Waals surface area contributed by atoms with Crippen LogP contribution in [0.3, 0.4) is 0 Å². The number of hydrogen-bond donors (Lipinski definition) is 0. The lowest BCUT2D eigenvalue weighted by Gasteiger charge is -2.19. The Hall–Kier alpha value is -1.01. The summed E-state index contributed by atoms with van der Waals surface area (Å²) in [6.07, 6.45) is 5.85. The van der Waals surface area contributed by atoms with Crippen molar-refractivity contribution in [2.45, 2.75) is 12.5 Å². The standard InChI is InChI=1S/C8H11NO2/c1-3-8(10)9(2)7-4-5-11-6-7/h1,7H,4-6H2,2H3. The minimum Gasteiger partial charge on any atom is -0.379 e. The van der Waals surface area contributed by atoms with Crippen molar-refractivity contribution in [1.29, 1.82) is 0 Å². The maximum Gasteiger partial charge on any atom is 0.298 e. The van der Waals surface area contributed by atoms with E-state index in [-0.39, 0.29) is 11.9 Å². The van der Waals surface area contributed by atoms with Gasteiger partial charge in [-0.25, -0.2) is 0 Å². The molecule has 60 valence electrons. The van der Waals surface area contributed by atoms with Gasteiger partial charge in [-0.05, 0) is 12.3 Å². The highest BCUT2D eigenvalue weighted by atomic mass is 16.5. The Morgan fingerprint density at radius 1 is 1.82 bits per heavy atom. The van der Waals surface area contributed by atoms with E-state index < -0.39 is 0 Å². The van der Waals surface area contributed by atoms with Gasteiger partial charge < -0.3 is 9.64 Å². The zero-order valence-electron chi connectivity index (χ0n) is 6.54. The average molecular weight is 153 g/mol. The predicted octanol–water partition coefficient (Wildman–Crippen LogP) is -0.133. The highest BCUT2D eigenvalue weighted by Gasteiger charge is 2.22. The molecule has 0 aromatic carbocycles. The molecule has 0 bridgehead atoms. The Balaban J connectivity index is 2.47. The first-order valence-corrected chi connectivity index (χ1v) is 3.57. The van der Waals surface area contributed by atoms with Crippen molar-refractivity contribution < 1.29 is 9.53 Å². The molecule has 1 aliphatic heterocycles. The Morgan fingerprint density at radius 2 is 2.55 bits per heavy atom. The molecule has 11 heavy (non-hydrogen) atoms. The summed E-state index contributed by atoms with van der Waals surface area (Å²) in [5.74, 6) is 1.81. The molecule has 1 saturated heterocycles. The van der Waals surface area contributed by atoms with E-state index in [4.69, 9.17) is 11.2 Å². The molecule has 0 aliphatic carbocycles. The second kappa shape index (κ2) is 3.40. The molecule has 1 unspecified atom stereocenters. The van der Waals surface area contributed by atoms with Crippen molar-refractivity contribution in [3.05, 3.63) is 0 Å². The summed E-state index contributed by atoms with van der Waals surface area (Å²) in [7, 11) is 1.71. The predicted molar refractivity (Wildman–Crippen MR) is 40.8 cm³/mol. The van der Waals surface area contributed by atoms with Gasteiger partial charge in [0.1, 0.15) is 0 Å². The largest absolute Gasteiger partial charge is 0.379 e. The second-order valence-corrected chi connectivity index (χ2v) is 2.58. The van der Waals surface area contributed by atoms with Crippen molar-refractivity contribution in [2.75, 3.05) is 20.3 Å². The lowest BCUT2D eigenvalue weighted by molar-refractivity contribution is -0.125. The van der Waals surface area contributed by atoms with Gasteiger partial charge in [0, 0.05) is 13.7 Å². The van der Waals surface area contributed by atoms with Crippen molar-refractivity contribution in [2.24, 2.45) is 0 Å². The third kappa shape index (κ3) is 1.72. The van der Waals surface area contributed by atoms with Crippen LogP contribution in [0.1, 0.15) is 6.42 Å². The number of likely N-dealkylation sites (N-methyl/N-ethyl adjacent to an activating group) is 1. The number of hydrogen-bond acceptors (Lipinski definition) is 2. The molecule has 3 nitrogen and oxygen atoms in total. The smallest absolute Gasteiger partial charge is 0.298 e.